The maximum atomic E-state index is 11.1. The summed E-state index contributed by atoms with van der Waals surface area (Å²) in [6, 6.07) is 0. The number of hydrogen-bond acceptors (Lipinski definition) is 5. The lowest BCUT2D eigenvalue weighted by molar-refractivity contribution is -0.147. The molecule has 0 aromatic carbocycles. The highest BCUT2D eigenvalue weighted by Gasteiger charge is 2.25. The van der Waals surface area contributed by atoms with Crippen LogP contribution in [0.3, 0.4) is 0 Å². The zero-order valence-electron chi connectivity index (χ0n) is 7.73. The second-order valence-electron chi connectivity index (χ2n) is 2.61. The van der Waals surface area contributed by atoms with Crippen LogP contribution in [0.2, 0.25) is 0 Å². The molecule has 13 heavy (non-hydrogen) atoms. The first-order valence-corrected chi connectivity index (χ1v) is 4.66. The summed E-state index contributed by atoms with van der Waals surface area (Å²) in [5.74, 6) is -0.836. The first kappa shape index (κ1) is 12.5. The Bertz CT molecular complexity index is 176. The van der Waals surface area contributed by atoms with Gasteiger partial charge in [-0.15, -0.1) is 0 Å². The van der Waals surface area contributed by atoms with Gasteiger partial charge in [-0.1, -0.05) is 0 Å². The van der Waals surface area contributed by atoms with E-state index in [1.807, 2.05) is 0 Å². The molecule has 0 aromatic rings. The number of carbonyl (C=O) groups excluding carboxylic acids is 1. The summed E-state index contributed by atoms with van der Waals surface area (Å²) in [4.78, 5) is 11.1. The minimum Gasteiger partial charge on any atom is -0.469 e. The van der Waals surface area contributed by atoms with Crippen molar-refractivity contribution in [3.05, 3.63) is 0 Å². The van der Waals surface area contributed by atoms with Crippen molar-refractivity contribution in [3.8, 4) is 0 Å². The fourth-order valence-corrected chi connectivity index (χ4v) is 1.35. The van der Waals surface area contributed by atoms with E-state index in [9.17, 15) is 9.36 Å². The largest absolute Gasteiger partial charge is 0.469 e. The van der Waals surface area contributed by atoms with Crippen LogP contribution in [0.5, 0.6) is 0 Å². The monoisotopic (exact) mass is 207 g/mol. The molecule has 0 aromatic heterocycles. The Labute approximate surface area is 78.9 Å². The third kappa shape index (κ3) is 4.31. The van der Waals surface area contributed by atoms with Crippen LogP contribution in [0, 0.1) is 5.92 Å². The first-order chi connectivity index (χ1) is 6.17. The summed E-state index contributed by atoms with van der Waals surface area (Å²) in [6.07, 6.45) is 0.0301. The zero-order chi connectivity index (χ0) is 10.3. The molecule has 0 radical (unpaired) electrons. The minimum absolute atomic E-state index is 0.377. The molecule has 2 N–H and O–H groups in total. The standard InChI is InChI=1S/C7H14NO4P/c1-5(7(9)11-2)6(3-4-8)12-13-10/h5-6H,3-4,8H2,1-2H3. The summed E-state index contributed by atoms with van der Waals surface area (Å²) in [6.45, 7) is 2.03. The van der Waals surface area contributed by atoms with Gasteiger partial charge in [0, 0.05) is 0 Å². The van der Waals surface area contributed by atoms with Crippen molar-refractivity contribution in [2.75, 3.05) is 13.7 Å². The van der Waals surface area contributed by atoms with Gasteiger partial charge in [0.1, 0.15) is 0 Å². The molecule has 0 amide bonds. The normalized spacial score (nSPS) is 15.3. The second kappa shape index (κ2) is 6.95. The van der Waals surface area contributed by atoms with E-state index in [1.165, 1.54) is 7.11 Å². The second-order valence-corrected chi connectivity index (χ2v) is 2.97. The van der Waals surface area contributed by atoms with Crippen molar-refractivity contribution >= 4 is 14.7 Å². The van der Waals surface area contributed by atoms with E-state index in [-0.39, 0.29) is 5.97 Å². The van der Waals surface area contributed by atoms with Crippen molar-refractivity contribution in [1.82, 2.24) is 0 Å². The summed E-state index contributed by atoms with van der Waals surface area (Å²) in [7, 11) is 0.856. The lowest BCUT2D eigenvalue weighted by atomic mass is 10.0. The molecule has 0 aliphatic carbocycles. The lowest BCUT2D eigenvalue weighted by Gasteiger charge is -2.17. The summed E-state index contributed by atoms with van der Waals surface area (Å²) in [5.41, 5.74) is 5.30. The summed E-state index contributed by atoms with van der Waals surface area (Å²) >= 11 is 0. The van der Waals surface area contributed by atoms with Gasteiger partial charge in [0.15, 0.2) is 0 Å². The van der Waals surface area contributed by atoms with Crippen LogP contribution in [0.4, 0.5) is 0 Å². The van der Waals surface area contributed by atoms with E-state index in [1.54, 1.807) is 6.92 Å². The molecule has 0 bridgehead atoms. The smallest absolute Gasteiger partial charge is 0.327 e. The van der Waals surface area contributed by atoms with Crippen LogP contribution in [0.25, 0.3) is 0 Å². The molecular formula is C7H14NO4P. The van der Waals surface area contributed by atoms with Crippen molar-refractivity contribution in [1.29, 1.82) is 0 Å². The average molecular weight is 207 g/mol. The Morgan fingerprint density at radius 1 is 1.62 bits per heavy atom. The number of nitrogens with two attached hydrogens (primary N) is 1. The highest BCUT2D eigenvalue weighted by molar-refractivity contribution is 7.17. The van der Waals surface area contributed by atoms with Crippen molar-refractivity contribution in [2.45, 2.75) is 19.4 Å². The van der Waals surface area contributed by atoms with E-state index in [0.29, 0.717) is 13.0 Å². The first-order valence-electron chi connectivity index (χ1n) is 3.93. The van der Waals surface area contributed by atoms with Gasteiger partial charge < -0.3 is 10.5 Å². The molecule has 2 unspecified atom stereocenters. The topological polar surface area (TPSA) is 78.6 Å². The molecular weight excluding hydrogens is 193 g/mol. The van der Waals surface area contributed by atoms with Crippen LogP contribution < -0.4 is 5.73 Å². The maximum absolute atomic E-state index is 11.1. The number of esters is 1. The minimum atomic E-state index is -0.449. The Kier molecular flexibility index (Phi) is 6.68. The summed E-state index contributed by atoms with van der Waals surface area (Å²) < 4.78 is 19.5. The molecule has 0 aliphatic rings. The fraction of sp³-hybridized carbons (Fsp3) is 0.857. The van der Waals surface area contributed by atoms with Gasteiger partial charge in [0.25, 0.3) is 0 Å². The van der Waals surface area contributed by atoms with Crippen LogP contribution in [0.15, 0.2) is 0 Å². The molecule has 76 valence electrons. The van der Waals surface area contributed by atoms with E-state index >= 15 is 0 Å². The molecule has 0 aliphatic heterocycles. The van der Waals surface area contributed by atoms with Gasteiger partial charge in [-0.25, -0.2) is 4.57 Å². The molecule has 0 fully saturated rings. The maximum Gasteiger partial charge on any atom is 0.327 e. The van der Waals surface area contributed by atoms with Gasteiger partial charge in [-0.3, -0.25) is 9.32 Å². The third-order valence-corrected chi connectivity index (χ3v) is 2.12. The predicted octanol–water partition coefficient (Wildman–Crippen LogP) is 0.736. The molecule has 2 atom stereocenters. The van der Waals surface area contributed by atoms with Crippen LogP contribution in [-0.2, 0) is 18.6 Å². The Morgan fingerprint density at radius 3 is 2.62 bits per heavy atom. The zero-order valence-corrected chi connectivity index (χ0v) is 8.62. The SMILES string of the molecule is COC(=O)C(C)C(CCN)OP=O. The van der Waals surface area contributed by atoms with Crippen molar-refractivity contribution < 1.29 is 18.6 Å². The Morgan fingerprint density at radius 2 is 2.23 bits per heavy atom. The lowest BCUT2D eigenvalue weighted by Crippen LogP contribution is -2.29. The molecule has 0 saturated heterocycles. The molecule has 5 nitrogen and oxygen atoms in total. The highest BCUT2D eigenvalue weighted by Crippen LogP contribution is 2.17. The number of hydrogen-bond donors (Lipinski definition) is 1. The Hall–Kier alpha value is -0.510. The van der Waals surface area contributed by atoms with Crippen LogP contribution >= 0.6 is 8.69 Å². The van der Waals surface area contributed by atoms with Gasteiger partial charge in [0.05, 0.1) is 19.1 Å². The summed E-state index contributed by atoms with van der Waals surface area (Å²) in [5, 5.41) is 0. The molecule has 0 heterocycles. The molecule has 0 rings (SSSR count). The van der Waals surface area contributed by atoms with Gasteiger partial charge in [0.2, 0.25) is 0 Å². The third-order valence-electron chi connectivity index (χ3n) is 1.76. The number of rotatable bonds is 6. The van der Waals surface area contributed by atoms with E-state index < -0.39 is 20.7 Å². The predicted molar refractivity (Wildman–Crippen MR) is 47.3 cm³/mol. The van der Waals surface area contributed by atoms with Crippen molar-refractivity contribution in [2.24, 2.45) is 11.7 Å². The van der Waals surface area contributed by atoms with Crippen LogP contribution in [-0.4, -0.2) is 25.7 Å². The number of ether oxygens (including phenoxy) is 1. The van der Waals surface area contributed by atoms with Gasteiger partial charge in [-0.2, -0.15) is 0 Å². The van der Waals surface area contributed by atoms with Crippen molar-refractivity contribution in [3.63, 3.8) is 0 Å². The molecule has 0 spiro atoms. The van der Waals surface area contributed by atoms with Gasteiger partial charge in [-0.05, 0) is 19.9 Å². The molecule has 6 heteroatoms. The fourth-order valence-electron chi connectivity index (χ4n) is 0.951. The van der Waals surface area contributed by atoms with E-state index in [2.05, 4.69) is 4.74 Å². The number of methoxy groups -OCH3 is 1. The average Bonchev–Trinajstić information content (AvgIpc) is 2.15. The van der Waals surface area contributed by atoms with Crippen LogP contribution in [0.1, 0.15) is 13.3 Å². The molecule has 0 saturated carbocycles. The van der Waals surface area contributed by atoms with E-state index in [4.69, 9.17) is 10.3 Å². The Balaban J connectivity index is 4.16. The number of carbonyl (C=O) groups is 1. The quantitative estimate of drug-likeness (QED) is 0.513. The van der Waals surface area contributed by atoms with E-state index in [0.717, 1.165) is 0 Å². The highest BCUT2D eigenvalue weighted by atomic mass is 31.1. The van der Waals surface area contributed by atoms with Gasteiger partial charge >= 0.3 is 14.7 Å².